The first-order valence-electron chi connectivity index (χ1n) is 7.28. The number of ether oxygens (including phenoxy) is 2. The van der Waals surface area contributed by atoms with E-state index >= 15 is 0 Å². The summed E-state index contributed by atoms with van der Waals surface area (Å²) < 4.78 is 10.6. The van der Waals surface area contributed by atoms with Crippen LogP contribution in [0.2, 0.25) is 0 Å². The molecule has 0 atom stereocenters. The van der Waals surface area contributed by atoms with Gasteiger partial charge in [-0.15, -0.1) is 24.0 Å². The first-order valence-corrected chi connectivity index (χ1v) is 7.28. The molecule has 0 heterocycles. The highest BCUT2D eigenvalue weighted by molar-refractivity contribution is 14.0. The topological polar surface area (TPSA) is 54.9 Å². The number of benzene rings is 1. The van der Waals surface area contributed by atoms with Crippen LogP contribution in [0.1, 0.15) is 25.0 Å². The Hall–Kier alpha value is -0.860. The van der Waals surface area contributed by atoms with Gasteiger partial charge in [0, 0.05) is 27.2 Å². The Kier molecular flexibility index (Phi) is 12.2. The molecule has 1 aromatic rings. The van der Waals surface area contributed by atoms with Crippen molar-refractivity contribution in [1.82, 2.24) is 10.6 Å². The zero-order chi connectivity index (χ0) is 15.5. The molecule has 22 heavy (non-hydrogen) atoms. The zero-order valence-corrected chi connectivity index (χ0v) is 16.2. The van der Waals surface area contributed by atoms with Gasteiger partial charge in [-0.2, -0.15) is 0 Å². The minimum Gasteiger partial charge on any atom is -0.383 e. The number of hydrogen-bond acceptors (Lipinski definition) is 3. The molecule has 0 spiro atoms. The summed E-state index contributed by atoms with van der Waals surface area (Å²) in [5.41, 5.74) is 2.39. The van der Waals surface area contributed by atoms with E-state index in [0.717, 1.165) is 19.0 Å². The van der Waals surface area contributed by atoms with E-state index in [1.807, 2.05) is 13.8 Å². The molecular weight excluding hydrogens is 393 g/mol. The monoisotopic (exact) mass is 421 g/mol. The molecular formula is C16H28IN3O2. The number of methoxy groups -OCH3 is 1. The third-order valence-corrected chi connectivity index (χ3v) is 2.86. The van der Waals surface area contributed by atoms with E-state index in [1.165, 1.54) is 11.1 Å². The fourth-order valence-electron chi connectivity index (χ4n) is 1.77. The summed E-state index contributed by atoms with van der Waals surface area (Å²) in [6.07, 6.45) is 0.246. The van der Waals surface area contributed by atoms with Gasteiger partial charge in [-0.25, -0.2) is 0 Å². The molecule has 0 radical (unpaired) electrons. The van der Waals surface area contributed by atoms with Crippen molar-refractivity contribution >= 4 is 29.9 Å². The number of halogens is 1. The van der Waals surface area contributed by atoms with Gasteiger partial charge in [0.25, 0.3) is 0 Å². The molecule has 0 aliphatic rings. The van der Waals surface area contributed by atoms with Crippen molar-refractivity contribution in [1.29, 1.82) is 0 Å². The molecule has 0 unspecified atom stereocenters. The minimum absolute atomic E-state index is 0. The Morgan fingerprint density at radius 3 is 2.59 bits per heavy atom. The minimum atomic E-state index is 0. The lowest BCUT2D eigenvalue weighted by Gasteiger charge is -2.12. The zero-order valence-electron chi connectivity index (χ0n) is 13.9. The molecule has 0 bridgehead atoms. The molecule has 0 saturated carbocycles. The molecule has 0 fully saturated rings. The molecule has 0 aromatic heterocycles. The summed E-state index contributed by atoms with van der Waals surface area (Å²) >= 11 is 0. The smallest absolute Gasteiger partial charge is 0.191 e. The Morgan fingerprint density at radius 2 is 1.95 bits per heavy atom. The molecule has 1 aromatic carbocycles. The van der Waals surface area contributed by atoms with Crippen LogP contribution in [0, 0.1) is 0 Å². The van der Waals surface area contributed by atoms with Crippen molar-refractivity contribution in [3.63, 3.8) is 0 Å². The average molecular weight is 421 g/mol. The number of nitrogens with one attached hydrogen (secondary N) is 2. The van der Waals surface area contributed by atoms with Crippen LogP contribution >= 0.6 is 24.0 Å². The molecule has 0 aliphatic carbocycles. The summed E-state index contributed by atoms with van der Waals surface area (Å²) in [5, 5.41) is 6.46. The van der Waals surface area contributed by atoms with E-state index in [-0.39, 0.29) is 30.1 Å². The van der Waals surface area contributed by atoms with Crippen molar-refractivity contribution in [2.45, 2.75) is 33.1 Å². The molecule has 0 saturated heterocycles. The Morgan fingerprint density at radius 1 is 1.23 bits per heavy atom. The molecule has 1 rings (SSSR count). The Balaban J connectivity index is 0.00000441. The summed E-state index contributed by atoms with van der Waals surface area (Å²) in [6.45, 7) is 6.85. The van der Waals surface area contributed by atoms with E-state index in [4.69, 9.17) is 9.47 Å². The molecule has 126 valence electrons. The van der Waals surface area contributed by atoms with Gasteiger partial charge in [-0.3, -0.25) is 4.99 Å². The molecule has 0 aliphatic heterocycles. The van der Waals surface area contributed by atoms with Crippen LogP contribution in [0.4, 0.5) is 0 Å². The van der Waals surface area contributed by atoms with Crippen molar-refractivity contribution in [2.24, 2.45) is 4.99 Å². The van der Waals surface area contributed by atoms with E-state index in [2.05, 4.69) is 39.9 Å². The van der Waals surface area contributed by atoms with Crippen molar-refractivity contribution < 1.29 is 9.47 Å². The van der Waals surface area contributed by atoms with Crippen LogP contribution in [-0.4, -0.2) is 39.4 Å². The molecule has 0 amide bonds. The average Bonchev–Trinajstić information content (AvgIpc) is 2.49. The summed E-state index contributed by atoms with van der Waals surface area (Å²) in [6, 6.07) is 8.38. The second-order valence-electron chi connectivity index (χ2n) is 5.03. The van der Waals surface area contributed by atoms with Crippen LogP contribution < -0.4 is 10.6 Å². The van der Waals surface area contributed by atoms with E-state index in [9.17, 15) is 0 Å². The van der Waals surface area contributed by atoms with Gasteiger partial charge in [0.1, 0.15) is 0 Å². The highest BCUT2D eigenvalue weighted by Crippen LogP contribution is 2.07. The second-order valence-corrected chi connectivity index (χ2v) is 5.03. The predicted molar refractivity (Wildman–Crippen MR) is 102 cm³/mol. The van der Waals surface area contributed by atoms with Crippen molar-refractivity contribution in [3.8, 4) is 0 Å². The van der Waals surface area contributed by atoms with Crippen molar-refractivity contribution in [2.75, 3.05) is 27.3 Å². The SMILES string of the molecule is CN=C(NCCOC)NCc1cccc(COC(C)C)c1.I. The van der Waals surface area contributed by atoms with Gasteiger partial charge in [0.15, 0.2) is 5.96 Å². The molecule has 6 heteroatoms. The number of nitrogens with zero attached hydrogens (tertiary/aromatic N) is 1. The third-order valence-electron chi connectivity index (χ3n) is 2.86. The van der Waals surface area contributed by atoms with E-state index < -0.39 is 0 Å². The summed E-state index contributed by atoms with van der Waals surface area (Å²) in [7, 11) is 3.44. The highest BCUT2D eigenvalue weighted by atomic mass is 127. The molecule has 2 N–H and O–H groups in total. The number of hydrogen-bond donors (Lipinski definition) is 2. The van der Waals surface area contributed by atoms with E-state index in [0.29, 0.717) is 13.2 Å². The number of guanidine groups is 1. The maximum absolute atomic E-state index is 5.62. The third kappa shape index (κ3) is 9.22. The number of aliphatic imine (C=N–C) groups is 1. The highest BCUT2D eigenvalue weighted by Gasteiger charge is 2.00. The number of rotatable bonds is 8. The van der Waals surface area contributed by atoms with Gasteiger partial charge in [-0.1, -0.05) is 24.3 Å². The van der Waals surface area contributed by atoms with Gasteiger partial charge in [-0.05, 0) is 25.0 Å². The fourth-order valence-corrected chi connectivity index (χ4v) is 1.77. The predicted octanol–water partition coefficient (Wildman–Crippen LogP) is 2.54. The lowest BCUT2D eigenvalue weighted by molar-refractivity contribution is 0.0657. The summed E-state index contributed by atoms with van der Waals surface area (Å²) in [4.78, 5) is 4.17. The quantitative estimate of drug-likeness (QED) is 0.293. The fraction of sp³-hybridized carbons (Fsp3) is 0.562. The van der Waals surface area contributed by atoms with Gasteiger partial charge in [0.05, 0.1) is 19.3 Å². The molecule has 5 nitrogen and oxygen atoms in total. The van der Waals surface area contributed by atoms with Crippen LogP contribution in [0.15, 0.2) is 29.3 Å². The van der Waals surface area contributed by atoms with Gasteiger partial charge >= 0.3 is 0 Å². The first kappa shape index (κ1) is 21.1. The lowest BCUT2D eigenvalue weighted by Crippen LogP contribution is -2.38. The first-order chi connectivity index (χ1) is 10.2. The Bertz CT molecular complexity index is 439. The standard InChI is InChI=1S/C16H27N3O2.HI/c1-13(2)21-12-15-7-5-6-14(10-15)11-19-16(17-3)18-8-9-20-4;/h5-7,10,13H,8-9,11-12H2,1-4H3,(H2,17,18,19);1H. The second kappa shape index (κ2) is 12.7. The lowest BCUT2D eigenvalue weighted by atomic mass is 10.1. The largest absolute Gasteiger partial charge is 0.383 e. The van der Waals surface area contributed by atoms with Gasteiger partial charge < -0.3 is 20.1 Å². The maximum Gasteiger partial charge on any atom is 0.191 e. The maximum atomic E-state index is 5.62. The van der Waals surface area contributed by atoms with Gasteiger partial charge in [0.2, 0.25) is 0 Å². The van der Waals surface area contributed by atoms with E-state index in [1.54, 1.807) is 14.2 Å². The Labute approximate surface area is 150 Å². The normalized spacial score (nSPS) is 11.2. The summed E-state index contributed by atoms with van der Waals surface area (Å²) in [5.74, 6) is 0.774. The van der Waals surface area contributed by atoms with Crippen LogP contribution in [0.5, 0.6) is 0 Å². The van der Waals surface area contributed by atoms with Crippen LogP contribution in [-0.2, 0) is 22.6 Å². The van der Waals surface area contributed by atoms with Crippen molar-refractivity contribution in [3.05, 3.63) is 35.4 Å². The van der Waals surface area contributed by atoms with Crippen LogP contribution in [0.3, 0.4) is 0 Å². The van der Waals surface area contributed by atoms with Crippen LogP contribution in [0.25, 0.3) is 0 Å².